The van der Waals surface area contributed by atoms with Crippen molar-refractivity contribution in [1.29, 1.82) is 0 Å². The van der Waals surface area contributed by atoms with E-state index in [9.17, 15) is 19.7 Å². The maximum atomic E-state index is 12.0. The number of aldehydes is 1. The lowest BCUT2D eigenvalue weighted by atomic mass is 10.2. The number of nitro benzene ring substituents is 1. The van der Waals surface area contributed by atoms with Crippen molar-refractivity contribution >= 4 is 23.6 Å². The number of hydrogen-bond donors (Lipinski definition) is 1. The Morgan fingerprint density at radius 3 is 2.80 bits per heavy atom. The molecule has 1 heterocycles. The minimum atomic E-state index is -0.682. The summed E-state index contributed by atoms with van der Waals surface area (Å²) in [5, 5.41) is 13.6. The lowest BCUT2D eigenvalue weighted by Crippen LogP contribution is -2.20. The molecule has 25 heavy (non-hydrogen) atoms. The first-order valence-corrected chi connectivity index (χ1v) is 7.13. The monoisotopic (exact) mass is 344 g/mol. The third-order valence-corrected chi connectivity index (χ3v) is 3.33. The number of nitro groups is 1. The van der Waals surface area contributed by atoms with Gasteiger partial charge in [0, 0.05) is 23.4 Å². The molecule has 0 unspecified atom stereocenters. The van der Waals surface area contributed by atoms with Crippen LogP contribution in [-0.4, -0.2) is 30.5 Å². The van der Waals surface area contributed by atoms with E-state index in [1.165, 1.54) is 12.1 Å². The lowest BCUT2D eigenvalue weighted by molar-refractivity contribution is -0.385. The van der Waals surface area contributed by atoms with Crippen LogP contribution in [0.2, 0.25) is 0 Å². The summed E-state index contributed by atoms with van der Waals surface area (Å²) in [6, 6.07) is 8.61. The predicted octanol–water partition coefficient (Wildman–Crippen LogP) is 2.15. The van der Waals surface area contributed by atoms with Crippen LogP contribution in [0.15, 0.2) is 36.4 Å². The van der Waals surface area contributed by atoms with Crippen LogP contribution >= 0.6 is 0 Å². The van der Waals surface area contributed by atoms with E-state index in [-0.39, 0.29) is 23.8 Å². The van der Waals surface area contributed by atoms with Crippen LogP contribution in [0.25, 0.3) is 0 Å². The number of nitrogens with zero attached hydrogens (tertiary/aromatic N) is 1. The van der Waals surface area contributed by atoms with Gasteiger partial charge >= 0.3 is 5.69 Å². The van der Waals surface area contributed by atoms with Crippen molar-refractivity contribution in [3.05, 3.63) is 52.1 Å². The van der Waals surface area contributed by atoms with Crippen LogP contribution in [0.5, 0.6) is 17.2 Å². The second kappa shape index (κ2) is 6.87. The first kappa shape index (κ1) is 16.2. The molecule has 2 aromatic carbocycles. The number of hydrogen-bond acceptors (Lipinski definition) is 7. The Bertz CT molecular complexity index is 850. The Labute approximate surface area is 141 Å². The topological polar surface area (TPSA) is 117 Å². The standard InChI is InChI=1S/C16H12N2O7/c19-7-10-1-3-13(12(5-10)18(21)22)23-8-16(20)17-11-2-4-14-15(6-11)25-9-24-14/h1-7H,8-9H2,(H,17,20). The highest BCUT2D eigenvalue weighted by atomic mass is 16.7. The van der Waals surface area contributed by atoms with Gasteiger partial charge in [0.2, 0.25) is 6.79 Å². The van der Waals surface area contributed by atoms with Gasteiger partial charge in [0.05, 0.1) is 4.92 Å². The number of nitrogens with one attached hydrogen (secondary N) is 1. The highest BCUT2D eigenvalue weighted by molar-refractivity contribution is 5.92. The molecule has 0 fully saturated rings. The summed E-state index contributed by atoms with van der Waals surface area (Å²) in [5.74, 6) is 0.489. The molecule has 1 aliphatic heterocycles. The number of anilines is 1. The molecule has 0 atom stereocenters. The van der Waals surface area contributed by atoms with E-state index in [1.807, 2.05) is 0 Å². The molecule has 9 heteroatoms. The minimum Gasteiger partial charge on any atom is -0.477 e. The van der Waals surface area contributed by atoms with E-state index < -0.39 is 17.4 Å². The number of carbonyl (C=O) groups excluding carboxylic acids is 2. The largest absolute Gasteiger partial charge is 0.477 e. The third-order valence-electron chi connectivity index (χ3n) is 3.33. The van der Waals surface area contributed by atoms with Gasteiger partial charge in [-0.3, -0.25) is 19.7 Å². The summed E-state index contributed by atoms with van der Waals surface area (Å²) >= 11 is 0. The van der Waals surface area contributed by atoms with Crippen LogP contribution in [0, 0.1) is 10.1 Å². The molecule has 1 aliphatic rings. The van der Waals surface area contributed by atoms with E-state index in [2.05, 4.69) is 5.32 Å². The second-order valence-electron chi connectivity index (χ2n) is 5.01. The molecule has 0 saturated heterocycles. The number of carbonyl (C=O) groups is 2. The fourth-order valence-corrected chi connectivity index (χ4v) is 2.19. The summed E-state index contributed by atoms with van der Waals surface area (Å²) in [7, 11) is 0. The highest BCUT2D eigenvalue weighted by Gasteiger charge is 2.18. The zero-order valence-corrected chi connectivity index (χ0v) is 12.8. The Morgan fingerprint density at radius 2 is 2.04 bits per heavy atom. The summed E-state index contributed by atoms with van der Waals surface area (Å²) in [6.45, 7) is -0.313. The number of rotatable bonds is 6. The molecular weight excluding hydrogens is 332 g/mol. The maximum Gasteiger partial charge on any atom is 0.311 e. The molecule has 128 valence electrons. The average Bonchev–Trinajstić information content (AvgIpc) is 3.07. The molecule has 3 rings (SSSR count). The molecule has 9 nitrogen and oxygen atoms in total. The fourth-order valence-electron chi connectivity index (χ4n) is 2.19. The molecule has 2 aromatic rings. The molecule has 0 saturated carbocycles. The van der Waals surface area contributed by atoms with Crippen LogP contribution in [0.3, 0.4) is 0 Å². The van der Waals surface area contributed by atoms with Crippen molar-refractivity contribution in [2.45, 2.75) is 0 Å². The SMILES string of the molecule is O=Cc1ccc(OCC(=O)Nc2ccc3c(c2)OCO3)c([N+](=O)[O-])c1. The van der Waals surface area contributed by atoms with E-state index in [4.69, 9.17) is 14.2 Å². The van der Waals surface area contributed by atoms with Crippen LogP contribution in [0.4, 0.5) is 11.4 Å². The molecule has 0 radical (unpaired) electrons. The Balaban J connectivity index is 1.64. The lowest BCUT2D eigenvalue weighted by Gasteiger charge is -2.08. The smallest absolute Gasteiger partial charge is 0.311 e. The van der Waals surface area contributed by atoms with Gasteiger partial charge in [-0.1, -0.05) is 0 Å². The Hall–Kier alpha value is -3.62. The Morgan fingerprint density at radius 1 is 1.24 bits per heavy atom. The van der Waals surface area contributed by atoms with Gasteiger partial charge in [-0.15, -0.1) is 0 Å². The van der Waals surface area contributed by atoms with Crippen molar-refractivity contribution in [3.8, 4) is 17.2 Å². The average molecular weight is 344 g/mol. The molecule has 1 amide bonds. The van der Waals surface area contributed by atoms with Gasteiger partial charge in [-0.25, -0.2) is 0 Å². The van der Waals surface area contributed by atoms with E-state index >= 15 is 0 Å². The first-order chi connectivity index (χ1) is 12.1. The van der Waals surface area contributed by atoms with Gasteiger partial charge in [0.25, 0.3) is 5.91 Å². The van der Waals surface area contributed by atoms with E-state index in [0.717, 1.165) is 6.07 Å². The van der Waals surface area contributed by atoms with Gasteiger partial charge in [-0.05, 0) is 24.3 Å². The zero-order chi connectivity index (χ0) is 17.8. The third kappa shape index (κ3) is 3.66. The molecule has 0 aromatic heterocycles. The summed E-state index contributed by atoms with van der Waals surface area (Å²) in [6.07, 6.45) is 0.489. The normalized spacial score (nSPS) is 11.7. The number of ether oxygens (including phenoxy) is 3. The quantitative estimate of drug-likeness (QED) is 0.485. The summed E-state index contributed by atoms with van der Waals surface area (Å²) in [4.78, 5) is 33.0. The summed E-state index contributed by atoms with van der Waals surface area (Å²) in [5.41, 5.74) is 0.230. The van der Waals surface area contributed by atoms with Crippen LogP contribution in [-0.2, 0) is 4.79 Å². The first-order valence-electron chi connectivity index (χ1n) is 7.13. The molecule has 0 spiro atoms. The van der Waals surface area contributed by atoms with Crippen molar-refractivity contribution in [2.75, 3.05) is 18.7 Å². The van der Waals surface area contributed by atoms with Gasteiger partial charge < -0.3 is 19.5 Å². The maximum absolute atomic E-state index is 12.0. The van der Waals surface area contributed by atoms with Crippen LogP contribution in [0.1, 0.15) is 10.4 Å². The van der Waals surface area contributed by atoms with Crippen molar-refractivity contribution in [1.82, 2.24) is 0 Å². The minimum absolute atomic E-state index is 0.101. The second-order valence-corrected chi connectivity index (χ2v) is 5.01. The van der Waals surface area contributed by atoms with Crippen molar-refractivity contribution in [3.63, 3.8) is 0 Å². The summed E-state index contributed by atoms with van der Waals surface area (Å²) < 4.78 is 15.6. The van der Waals surface area contributed by atoms with Crippen LogP contribution < -0.4 is 19.5 Å². The molecule has 0 bridgehead atoms. The predicted molar refractivity (Wildman–Crippen MR) is 85.2 cm³/mol. The van der Waals surface area contributed by atoms with E-state index in [0.29, 0.717) is 23.5 Å². The van der Waals surface area contributed by atoms with Crippen molar-refractivity contribution < 1.29 is 28.7 Å². The fraction of sp³-hybridized carbons (Fsp3) is 0.125. The Kier molecular flexibility index (Phi) is 4.46. The molecule has 0 aliphatic carbocycles. The molecule has 1 N–H and O–H groups in total. The highest BCUT2D eigenvalue weighted by Crippen LogP contribution is 2.34. The van der Waals surface area contributed by atoms with Gasteiger partial charge in [0.1, 0.15) is 6.29 Å². The van der Waals surface area contributed by atoms with Gasteiger partial charge in [0.15, 0.2) is 23.9 Å². The zero-order valence-electron chi connectivity index (χ0n) is 12.8. The van der Waals surface area contributed by atoms with Crippen molar-refractivity contribution in [2.24, 2.45) is 0 Å². The van der Waals surface area contributed by atoms with Gasteiger partial charge in [-0.2, -0.15) is 0 Å². The van der Waals surface area contributed by atoms with E-state index in [1.54, 1.807) is 18.2 Å². The number of amides is 1. The number of fused-ring (bicyclic) bond motifs is 1. The number of benzene rings is 2. The molecular formula is C16H12N2O7.